The molecule has 0 atom stereocenters. The molecule has 1 saturated heterocycles. The van der Waals surface area contributed by atoms with Gasteiger partial charge in [-0.05, 0) is 32.9 Å². The Hall–Kier alpha value is -0.870. The van der Waals surface area contributed by atoms with E-state index in [1.165, 1.54) is 38.7 Å². The van der Waals surface area contributed by atoms with Crippen molar-refractivity contribution in [1.82, 2.24) is 15.2 Å². The number of aryl methyl sites for hydroxylation is 1. The second-order valence-corrected chi connectivity index (χ2v) is 4.44. The van der Waals surface area contributed by atoms with E-state index in [0.717, 1.165) is 31.1 Å². The van der Waals surface area contributed by atoms with E-state index in [1.807, 2.05) is 6.92 Å². The van der Waals surface area contributed by atoms with Crippen LogP contribution in [0.15, 0.2) is 10.8 Å². The third-order valence-electron chi connectivity index (χ3n) is 3.18. The van der Waals surface area contributed by atoms with Gasteiger partial charge in [-0.1, -0.05) is 6.42 Å². The lowest BCUT2D eigenvalue weighted by molar-refractivity contribution is 0.228. The first-order valence-electron chi connectivity index (χ1n) is 6.18. The van der Waals surface area contributed by atoms with Gasteiger partial charge in [-0.25, -0.2) is 4.98 Å². The fraction of sp³-hybridized carbons (Fsp3) is 0.750. The van der Waals surface area contributed by atoms with E-state index in [4.69, 9.17) is 4.42 Å². The van der Waals surface area contributed by atoms with Gasteiger partial charge in [-0.15, -0.1) is 0 Å². The Balaban J connectivity index is 1.59. The zero-order valence-corrected chi connectivity index (χ0v) is 10.0. The maximum absolute atomic E-state index is 5.27. The van der Waals surface area contributed by atoms with Crippen LogP contribution in [0.25, 0.3) is 0 Å². The van der Waals surface area contributed by atoms with Crippen molar-refractivity contribution in [3.05, 3.63) is 17.8 Å². The minimum Gasteiger partial charge on any atom is -0.447 e. The van der Waals surface area contributed by atoms with Crippen LogP contribution in [-0.4, -0.2) is 36.1 Å². The zero-order chi connectivity index (χ0) is 11.2. The molecular weight excluding hydrogens is 202 g/mol. The smallest absolute Gasteiger partial charge is 0.181 e. The molecule has 0 radical (unpaired) electrons. The van der Waals surface area contributed by atoms with E-state index >= 15 is 0 Å². The molecular formula is C12H21N3O. The lowest BCUT2D eigenvalue weighted by Gasteiger charge is -2.26. The highest BCUT2D eigenvalue weighted by Crippen LogP contribution is 2.07. The first-order valence-corrected chi connectivity index (χ1v) is 6.18. The molecule has 0 aliphatic carbocycles. The molecule has 1 aliphatic rings. The molecule has 4 heteroatoms. The summed E-state index contributed by atoms with van der Waals surface area (Å²) in [5, 5.41) is 3.40. The Morgan fingerprint density at radius 3 is 2.88 bits per heavy atom. The van der Waals surface area contributed by atoms with E-state index in [9.17, 15) is 0 Å². The molecule has 1 aromatic heterocycles. The van der Waals surface area contributed by atoms with Gasteiger partial charge >= 0.3 is 0 Å². The number of piperidine rings is 1. The normalized spacial score (nSPS) is 17.8. The van der Waals surface area contributed by atoms with Crippen molar-refractivity contribution in [2.45, 2.75) is 32.7 Å². The van der Waals surface area contributed by atoms with Gasteiger partial charge in [-0.3, -0.25) is 0 Å². The summed E-state index contributed by atoms with van der Waals surface area (Å²) in [5.41, 5.74) is 0.991. The number of oxazole rings is 1. The molecule has 1 fully saturated rings. The first-order chi connectivity index (χ1) is 7.86. The molecule has 16 heavy (non-hydrogen) atoms. The van der Waals surface area contributed by atoms with E-state index in [-0.39, 0.29) is 0 Å². The molecule has 90 valence electrons. The van der Waals surface area contributed by atoms with Crippen LogP contribution in [-0.2, 0) is 6.54 Å². The summed E-state index contributed by atoms with van der Waals surface area (Å²) in [6, 6.07) is 0. The summed E-state index contributed by atoms with van der Waals surface area (Å²) >= 11 is 0. The summed E-state index contributed by atoms with van der Waals surface area (Å²) in [6.07, 6.45) is 5.64. The Kier molecular flexibility index (Phi) is 4.36. The molecule has 0 saturated carbocycles. The highest BCUT2D eigenvalue weighted by Gasteiger charge is 2.09. The van der Waals surface area contributed by atoms with Crippen molar-refractivity contribution >= 4 is 0 Å². The fourth-order valence-electron chi connectivity index (χ4n) is 2.12. The summed E-state index contributed by atoms with van der Waals surface area (Å²) < 4.78 is 5.27. The number of hydrogen-bond donors (Lipinski definition) is 1. The first kappa shape index (κ1) is 11.6. The monoisotopic (exact) mass is 223 g/mol. The molecule has 1 aromatic rings. The van der Waals surface area contributed by atoms with Crippen molar-refractivity contribution in [1.29, 1.82) is 0 Å². The van der Waals surface area contributed by atoms with Crippen LogP contribution in [0.5, 0.6) is 0 Å². The van der Waals surface area contributed by atoms with Crippen molar-refractivity contribution in [3.8, 4) is 0 Å². The number of nitrogens with zero attached hydrogens (tertiary/aromatic N) is 2. The van der Waals surface area contributed by atoms with Gasteiger partial charge in [0, 0.05) is 13.1 Å². The van der Waals surface area contributed by atoms with E-state index in [2.05, 4.69) is 15.2 Å². The topological polar surface area (TPSA) is 41.3 Å². The van der Waals surface area contributed by atoms with Crippen molar-refractivity contribution < 1.29 is 4.42 Å². The molecule has 0 bridgehead atoms. The molecule has 4 nitrogen and oxygen atoms in total. The highest BCUT2D eigenvalue weighted by atomic mass is 16.3. The Labute approximate surface area is 97.0 Å². The summed E-state index contributed by atoms with van der Waals surface area (Å²) in [7, 11) is 0. The maximum atomic E-state index is 5.27. The van der Waals surface area contributed by atoms with E-state index < -0.39 is 0 Å². The third kappa shape index (κ3) is 3.32. The molecule has 0 aromatic carbocycles. The molecule has 0 amide bonds. The van der Waals surface area contributed by atoms with Crippen molar-refractivity contribution in [2.24, 2.45) is 0 Å². The average Bonchev–Trinajstić information content (AvgIpc) is 2.72. The third-order valence-corrected chi connectivity index (χ3v) is 3.18. The standard InChI is InChI=1S/C12H21N3O/c1-11-12(16-10-14-11)9-13-5-8-15-6-3-2-4-7-15/h10,13H,2-9H2,1H3. The maximum Gasteiger partial charge on any atom is 0.181 e. The predicted octanol–water partition coefficient (Wildman–Crippen LogP) is 1.56. The van der Waals surface area contributed by atoms with Crippen LogP contribution >= 0.6 is 0 Å². The van der Waals surface area contributed by atoms with Crippen molar-refractivity contribution in [3.63, 3.8) is 0 Å². The minimum absolute atomic E-state index is 0.791. The van der Waals surface area contributed by atoms with Gasteiger partial charge in [0.15, 0.2) is 6.39 Å². The predicted molar refractivity (Wildman–Crippen MR) is 63.2 cm³/mol. The molecule has 1 N–H and O–H groups in total. The van der Waals surface area contributed by atoms with Gasteiger partial charge in [0.2, 0.25) is 0 Å². The van der Waals surface area contributed by atoms with Crippen LogP contribution in [0.1, 0.15) is 30.7 Å². The largest absolute Gasteiger partial charge is 0.447 e. The number of rotatable bonds is 5. The highest BCUT2D eigenvalue weighted by molar-refractivity contribution is 5.03. The molecule has 2 heterocycles. The van der Waals surface area contributed by atoms with Gasteiger partial charge in [0.05, 0.1) is 12.2 Å². The summed E-state index contributed by atoms with van der Waals surface area (Å²) in [5.74, 6) is 0.957. The summed E-state index contributed by atoms with van der Waals surface area (Å²) in [4.78, 5) is 6.60. The minimum atomic E-state index is 0.791. The van der Waals surface area contributed by atoms with Gasteiger partial charge < -0.3 is 14.6 Å². The Morgan fingerprint density at radius 1 is 1.38 bits per heavy atom. The fourth-order valence-corrected chi connectivity index (χ4v) is 2.12. The molecule has 0 spiro atoms. The number of hydrogen-bond acceptors (Lipinski definition) is 4. The molecule has 2 rings (SSSR count). The average molecular weight is 223 g/mol. The van der Waals surface area contributed by atoms with Crippen LogP contribution in [0.4, 0.5) is 0 Å². The van der Waals surface area contributed by atoms with Crippen LogP contribution in [0.3, 0.4) is 0 Å². The number of aromatic nitrogens is 1. The second kappa shape index (κ2) is 6.01. The Bertz CT molecular complexity index is 305. The Morgan fingerprint density at radius 2 is 2.19 bits per heavy atom. The van der Waals surface area contributed by atoms with Crippen LogP contribution in [0.2, 0.25) is 0 Å². The van der Waals surface area contributed by atoms with Gasteiger partial charge in [0.1, 0.15) is 5.76 Å². The molecule has 0 unspecified atom stereocenters. The van der Waals surface area contributed by atoms with E-state index in [0.29, 0.717) is 0 Å². The van der Waals surface area contributed by atoms with Gasteiger partial charge in [-0.2, -0.15) is 0 Å². The lowest BCUT2D eigenvalue weighted by atomic mass is 10.1. The van der Waals surface area contributed by atoms with Gasteiger partial charge in [0.25, 0.3) is 0 Å². The van der Waals surface area contributed by atoms with Crippen LogP contribution < -0.4 is 5.32 Å². The second-order valence-electron chi connectivity index (χ2n) is 4.44. The quantitative estimate of drug-likeness (QED) is 0.769. The lowest BCUT2D eigenvalue weighted by Crippen LogP contribution is -2.35. The SMILES string of the molecule is Cc1ncoc1CNCCN1CCCCC1. The van der Waals surface area contributed by atoms with Crippen molar-refractivity contribution in [2.75, 3.05) is 26.2 Å². The number of likely N-dealkylation sites (tertiary alicyclic amines) is 1. The number of nitrogens with one attached hydrogen (secondary N) is 1. The van der Waals surface area contributed by atoms with Crippen LogP contribution in [0, 0.1) is 6.92 Å². The van der Waals surface area contributed by atoms with E-state index in [1.54, 1.807) is 0 Å². The zero-order valence-electron chi connectivity index (χ0n) is 10.0. The molecule has 1 aliphatic heterocycles. The summed E-state index contributed by atoms with van der Waals surface area (Å²) in [6.45, 7) is 7.48.